The van der Waals surface area contributed by atoms with Crippen LogP contribution in [0.5, 0.6) is 5.75 Å². The molecule has 0 bridgehead atoms. The molecule has 2 aromatic carbocycles. The molecule has 1 unspecified atom stereocenters. The lowest BCUT2D eigenvalue weighted by Gasteiger charge is -2.26. The van der Waals surface area contributed by atoms with Gasteiger partial charge in [0.2, 0.25) is 0 Å². The fraction of sp³-hybridized carbons (Fsp3) is 0.261. The Hall–Kier alpha value is -3.02. The van der Waals surface area contributed by atoms with E-state index >= 15 is 0 Å². The lowest BCUT2D eigenvalue weighted by atomic mass is 9.86. The second kappa shape index (κ2) is 10.5. The van der Waals surface area contributed by atoms with E-state index in [4.69, 9.17) is 16.3 Å². The SMILES string of the molecule is CC#CC(c1ccc(NC(=O)C(C)(C)Oc2ccc(Br)cc2Cl)cc1)C(C(=O)O)C(=O)O. The van der Waals surface area contributed by atoms with Gasteiger partial charge in [-0.25, -0.2) is 0 Å². The Morgan fingerprint density at radius 1 is 1.09 bits per heavy atom. The third-order valence-corrected chi connectivity index (χ3v) is 5.29. The minimum atomic E-state index is -1.72. The van der Waals surface area contributed by atoms with Crippen LogP contribution in [-0.2, 0) is 14.4 Å². The largest absolute Gasteiger partial charge is 0.481 e. The smallest absolute Gasteiger partial charge is 0.319 e. The highest BCUT2D eigenvalue weighted by molar-refractivity contribution is 9.10. The van der Waals surface area contributed by atoms with Gasteiger partial charge in [-0.15, -0.1) is 5.92 Å². The third-order valence-electron chi connectivity index (χ3n) is 4.50. The topological polar surface area (TPSA) is 113 Å². The number of carbonyl (C=O) groups is 3. The van der Waals surface area contributed by atoms with Crippen LogP contribution >= 0.6 is 27.5 Å². The highest BCUT2D eigenvalue weighted by Gasteiger charge is 2.35. The molecule has 2 aromatic rings. The highest BCUT2D eigenvalue weighted by Crippen LogP contribution is 2.31. The van der Waals surface area contributed by atoms with Crippen molar-refractivity contribution in [3.05, 3.63) is 57.5 Å². The summed E-state index contributed by atoms with van der Waals surface area (Å²) in [5, 5.41) is 21.6. The van der Waals surface area contributed by atoms with Gasteiger partial charge in [0.1, 0.15) is 5.75 Å². The molecule has 1 amide bonds. The maximum absolute atomic E-state index is 12.8. The molecule has 7 nitrogen and oxygen atoms in total. The van der Waals surface area contributed by atoms with E-state index in [-0.39, 0.29) is 0 Å². The summed E-state index contributed by atoms with van der Waals surface area (Å²) in [7, 11) is 0. The molecule has 0 fully saturated rings. The number of anilines is 1. The maximum atomic E-state index is 12.8. The summed E-state index contributed by atoms with van der Waals surface area (Å²) in [6.45, 7) is 4.68. The lowest BCUT2D eigenvalue weighted by molar-refractivity contribution is -0.154. The summed E-state index contributed by atoms with van der Waals surface area (Å²) >= 11 is 9.47. The van der Waals surface area contributed by atoms with Gasteiger partial charge in [0.15, 0.2) is 11.5 Å². The second-order valence-corrected chi connectivity index (χ2v) is 8.61. The fourth-order valence-electron chi connectivity index (χ4n) is 2.84. The number of ether oxygens (including phenoxy) is 1. The van der Waals surface area contributed by atoms with Crippen LogP contribution in [0.4, 0.5) is 5.69 Å². The predicted octanol–water partition coefficient (Wildman–Crippen LogP) is 4.79. The first-order chi connectivity index (χ1) is 15.0. The van der Waals surface area contributed by atoms with Gasteiger partial charge in [-0.05, 0) is 56.7 Å². The summed E-state index contributed by atoms with van der Waals surface area (Å²) < 4.78 is 6.56. The van der Waals surface area contributed by atoms with Crippen molar-refractivity contribution in [2.45, 2.75) is 32.3 Å². The minimum absolute atomic E-state index is 0.346. The normalized spacial score (nSPS) is 11.8. The second-order valence-electron chi connectivity index (χ2n) is 7.29. The molecule has 168 valence electrons. The Morgan fingerprint density at radius 3 is 2.19 bits per heavy atom. The number of aliphatic carboxylic acids is 2. The molecule has 0 aliphatic rings. The van der Waals surface area contributed by atoms with Crippen molar-refractivity contribution in [1.29, 1.82) is 0 Å². The van der Waals surface area contributed by atoms with Crippen LogP contribution < -0.4 is 10.1 Å². The molecule has 3 N–H and O–H groups in total. The molecule has 0 radical (unpaired) electrons. The van der Waals surface area contributed by atoms with E-state index in [1.807, 2.05) is 0 Å². The molecule has 0 saturated carbocycles. The Labute approximate surface area is 198 Å². The van der Waals surface area contributed by atoms with Crippen LogP contribution in [0.2, 0.25) is 5.02 Å². The van der Waals surface area contributed by atoms with Crippen molar-refractivity contribution in [3.8, 4) is 17.6 Å². The molecule has 32 heavy (non-hydrogen) atoms. The first-order valence-corrected chi connectivity index (χ1v) is 10.6. The van der Waals surface area contributed by atoms with Gasteiger partial charge in [-0.1, -0.05) is 45.6 Å². The molecular formula is C23H21BrClNO6. The van der Waals surface area contributed by atoms with Crippen molar-refractivity contribution < 1.29 is 29.3 Å². The quantitative estimate of drug-likeness (QED) is 0.339. The number of carboxylic acid groups (broad SMARTS) is 2. The molecule has 0 aliphatic carbocycles. The minimum Gasteiger partial charge on any atom is -0.481 e. The zero-order chi connectivity index (χ0) is 24.1. The van der Waals surface area contributed by atoms with Crippen LogP contribution in [0.15, 0.2) is 46.9 Å². The molecule has 0 spiro atoms. The Bertz CT molecular complexity index is 1070. The molecular weight excluding hydrogens is 502 g/mol. The van der Waals surface area contributed by atoms with Crippen molar-refractivity contribution >= 4 is 51.1 Å². The van der Waals surface area contributed by atoms with Crippen molar-refractivity contribution in [3.63, 3.8) is 0 Å². The average molecular weight is 523 g/mol. The van der Waals surface area contributed by atoms with Crippen LogP contribution in [0.25, 0.3) is 0 Å². The number of hydrogen-bond acceptors (Lipinski definition) is 4. The van der Waals surface area contributed by atoms with Crippen molar-refractivity contribution in [1.82, 2.24) is 0 Å². The Balaban J connectivity index is 2.19. The average Bonchev–Trinajstić information content (AvgIpc) is 2.70. The number of amides is 1. The van der Waals surface area contributed by atoms with Gasteiger partial charge in [0.05, 0.1) is 10.9 Å². The number of nitrogens with one attached hydrogen (secondary N) is 1. The van der Waals surface area contributed by atoms with E-state index in [0.717, 1.165) is 4.47 Å². The number of rotatable bonds is 8. The van der Waals surface area contributed by atoms with Gasteiger partial charge in [-0.2, -0.15) is 0 Å². The van der Waals surface area contributed by atoms with Gasteiger partial charge in [0, 0.05) is 10.2 Å². The molecule has 0 saturated heterocycles. The maximum Gasteiger partial charge on any atom is 0.319 e. The third kappa shape index (κ3) is 6.25. The van der Waals surface area contributed by atoms with E-state index in [1.54, 1.807) is 44.2 Å². The predicted molar refractivity (Wildman–Crippen MR) is 124 cm³/mol. The standard InChI is InChI=1S/C23H21BrClNO6/c1-4-5-16(19(20(27)28)21(29)30)13-6-9-15(10-7-13)26-22(31)23(2,3)32-18-11-8-14(24)12-17(18)25/h6-12,16,19H,1-3H3,(H,26,31)(H,27,28)(H,29,30). The molecule has 9 heteroatoms. The van der Waals surface area contributed by atoms with Crippen LogP contribution in [0.3, 0.4) is 0 Å². The number of carbonyl (C=O) groups excluding carboxylic acids is 1. The first kappa shape index (κ1) is 25.2. The monoisotopic (exact) mass is 521 g/mol. The molecule has 0 heterocycles. The number of benzene rings is 2. The van der Waals surface area contributed by atoms with E-state index in [9.17, 15) is 24.6 Å². The number of halogens is 2. The van der Waals surface area contributed by atoms with Gasteiger partial charge in [0.25, 0.3) is 5.91 Å². The van der Waals surface area contributed by atoms with E-state index in [1.165, 1.54) is 19.1 Å². The van der Waals surface area contributed by atoms with Crippen molar-refractivity contribution in [2.24, 2.45) is 5.92 Å². The first-order valence-electron chi connectivity index (χ1n) is 9.39. The van der Waals surface area contributed by atoms with Crippen LogP contribution in [0, 0.1) is 17.8 Å². The zero-order valence-corrected chi connectivity index (χ0v) is 19.8. The molecule has 2 rings (SSSR count). The van der Waals surface area contributed by atoms with Crippen LogP contribution in [0.1, 0.15) is 32.3 Å². The Morgan fingerprint density at radius 2 is 1.69 bits per heavy atom. The molecule has 0 aromatic heterocycles. The molecule has 0 aliphatic heterocycles. The Kier molecular flexibility index (Phi) is 8.31. The van der Waals surface area contributed by atoms with Gasteiger partial charge < -0.3 is 20.3 Å². The zero-order valence-electron chi connectivity index (χ0n) is 17.5. The number of carboxylic acids is 2. The molecule has 1 atom stereocenters. The summed E-state index contributed by atoms with van der Waals surface area (Å²) in [5.74, 6) is -0.586. The summed E-state index contributed by atoms with van der Waals surface area (Å²) in [4.78, 5) is 35.6. The highest BCUT2D eigenvalue weighted by atomic mass is 79.9. The summed E-state index contributed by atoms with van der Waals surface area (Å²) in [6.07, 6.45) is 0. The summed E-state index contributed by atoms with van der Waals surface area (Å²) in [6, 6.07) is 11.2. The lowest BCUT2D eigenvalue weighted by Crippen LogP contribution is -2.42. The van der Waals surface area contributed by atoms with E-state index in [2.05, 4.69) is 33.1 Å². The van der Waals surface area contributed by atoms with E-state index in [0.29, 0.717) is 22.0 Å². The fourth-order valence-corrected chi connectivity index (χ4v) is 3.55. The van der Waals surface area contributed by atoms with Gasteiger partial charge in [-0.3, -0.25) is 14.4 Å². The van der Waals surface area contributed by atoms with Crippen LogP contribution in [-0.4, -0.2) is 33.7 Å². The van der Waals surface area contributed by atoms with E-state index < -0.39 is 35.3 Å². The summed E-state index contributed by atoms with van der Waals surface area (Å²) in [5.41, 5.74) is -0.434. The number of hydrogen-bond donors (Lipinski definition) is 3. The van der Waals surface area contributed by atoms with Gasteiger partial charge >= 0.3 is 11.9 Å². The van der Waals surface area contributed by atoms with Crippen molar-refractivity contribution in [2.75, 3.05) is 5.32 Å².